The minimum absolute atomic E-state index is 0.205. The Bertz CT molecular complexity index is 1470. The molecule has 1 fully saturated rings. The van der Waals surface area contributed by atoms with Gasteiger partial charge in [-0.25, -0.2) is 14.5 Å². The fourth-order valence-corrected chi connectivity index (χ4v) is 6.39. The fraction of sp³-hybridized carbons (Fsp3) is 0.444. The standard InChI is InChI=1S/C27H34N5O8PS/c1-5-27(35)22(33)21(39-26(27)32-13-11-19-23(28)29-16-30-24(19)32)15-37-41(36,40-18-9-7-6-8-10-18)31-20(12-14-42-4)25(34)38-17(2)3/h1,6-11,13,16-17,20-22,26,33,35H,12,14-15H2,2-4H3,(H,31,36)(H2,28,29,30)/t20-,21-,22-,26-,27-,41?/m1/s1. The molecule has 0 saturated carbocycles. The minimum Gasteiger partial charge on any atom is -0.462 e. The number of carbonyl (C=O) groups excluding carboxylic acids is 1. The van der Waals surface area contributed by atoms with Gasteiger partial charge in [-0.3, -0.25) is 9.32 Å². The van der Waals surface area contributed by atoms with Gasteiger partial charge in [-0.1, -0.05) is 24.1 Å². The first-order chi connectivity index (χ1) is 20.0. The van der Waals surface area contributed by atoms with Crippen molar-refractivity contribution in [3.63, 3.8) is 0 Å². The average molecular weight is 620 g/mol. The topological polar surface area (TPSA) is 180 Å². The third-order valence-electron chi connectivity index (χ3n) is 6.45. The molecule has 1 unspecified atom stereocenters. The Morgan fingerprint density at radius 2 is 2.07 bits per heavy atom. The van der Waals surface area contributed by atoms with E-state index in [9.17, 15) is 19.6 Å². The molecule has 1 saturated heterocycles. The van der Waals surface area contributed by atoms with Gasteiger partial charge in [-0.05, 0) is 50.5 Å². The number of hydrogen-bond donors (Lipinski definition) is 4. The minimum atomic E-state index is -4.32. The van der Waals surface area contributed by atoms with Gasteiger partial charge in [0.2, 0.25) is 0 Å². The number of anilines is 1. The molecule has 1 aliphatic rings. The molecule has 0 radical (unpaired) electrons. The molecule has 2 aromatic heterocycles. The summed E-state index contributed by atoms with van der Waals surface area (Å²) in [6, 6.07) is 8.84. The molecule has 42 heavy (non-hydrogen) atoms. The van der Waals surface area contributed by atoms with Crippen molar-refractivity contribution in [1.29, 1.82) is 0 Å². The quantitative estimate of drug-likeness (QED) is 0.125. The summed E-state index contributed by atoms with van der Waals surface area (Å²) < 4.78 is 38.4. The maximum absolute atomic E-state index is 14.1. The van der Waals surface area contributed by atoms with Gasteiger partial charge in [0.1, 0.15) is 41.8 Å². The fourth-order valence-electron chi connectivity index (χ4n) is 4.38. The van der Waals surface area contributed by atoms with Gasteiger partial charge < -0.3 is 34.5 Å². The first-order valence-electron chi connectivity index (χ1n) is 13.1. The number of para-hydroxylation sites is 1. The Kier molecular flexibility index (Phi) is 10.2. The Labute approximate surface area is 247 Å². The van der Waals surface area contributed by atoms with Crippen LogP contribution < -0.4 is 15.3 Å². The van der Waals surface area contributed by atoms with Crippen LogP contribution in [-0.2, 0) is 23.4 Å². The Morgan fingerprint density at radius 3 is 2.74 bits per heavy atom. The van der Waals surface area contributed by atoms with Crippen LogP contribution in [0.3, 0.4) is 0 Å². The number of nitrogens with one attached hydrogen (secondary N) is 1. The summed E-state index contributed by atoms with van der Waals surface area (Å²) in [5.74, 6) is 2.55. The van der Waals surface area contributed by atoms with Gasteiger partial charge in [0, 0.05) is 6.20 Å². The second-order valence-corrected chi connectivity index (χ2v) is 12.5. The normalized spacial score (nSPS) is 24.3. The van der Waals surface area contributed by atoms with Gasteiger partial charge in [0.05, 0.1) is 18.1 Å². The highest BCUT2D eigenvalue weighted by Gasteiger charge is 2.56. The maximum atomic E-state index is 14.1. The third kappa shape index (κ3) is 6.90. The Balaban J connectivity index is 1.60. The van der Waals surface area contributed by atoms with E-state index in [0.29, 0.717) is 16.8 Å². The highest BCUT2D eigenvalue weighted by molar-refractivity contribution is 7.98. The number of nitrogens with zero attached hydrogens (tertiary/aromatic N) is 3. The van der Waals surface area contributed by atoms with Crippen LogP contribution >= 0.6 is 19.5 Å². The molecule has 5 N–H and O–H groups in total. The molecular weight excluding hydrogens is 585 g/mol. The predicted octanol–water partition coefficient (Wildman–Crippen LogP) is 2.50. The molecule has 0 amide bonds. The molecule has 3 aromatic rings. The van der Waals surface area contributed by atoms with E-state index >= 15 is 0 Å². The molecule has 13 nitrogen and oxygen atoms in total. The Morgan fingerprint density at radius 1 is 1.33 bits per heavy atom. The number of benzene rings is 1. The lowest BCUT2D eigenvalue weighted by Gasteiger charge is -2.27. The number of nitrogens with two attached hydrogens (primary N) is 1. The number of nitrogen functional groups attached to an aromatic ring is 1. The molecule has 1 aliphatic heterocycles. The van der Waals surface area contributed by atoms with Crippen molar-refractivity contribution in [2.24, 2.45) is 0 Å². The smallest absolute Gasteiger partial charge is 0.459 e. The number of carbonyl (C=O) groups is 1. The molecule has 4 rings (SSSR count). The Hall–Kier alpha value is -3.15. The van der Waals surface area contributed by atoms with E-state index in [1.165, 1.54) is 22.7 Å². The monoisotopic (exact) mass is 619 g/mol. The van der Waals surface area contributed by atoms with Gasteiger partial charge in [0.25, 0.3) is 0 Å². The summed E-state index contributed by atoms with van der Waals surface area (Å²) in [4.78, 5) is 21.0. The van der Waals surface area contributed by atoms with E-state index in [1.807, 2.05) is 6.26 Å². The van der Waals surface area contributed by atoms with E-state index in [0.717, 1.165) is 0 Å². The lowest BCUT2D eigenvalue weighted by atomic mass is 9.95. The molecule has 3 heterocycles. The van der Waals surface area contributed by atoms with Crippen molar-refractivity contribution in [3.05, 3.63) is 48.9 Å². The van der Waals surface area contributed by atoms with Crippen molar-refractivity contribution in [1.82, 2.24) is 19.6 Å². The lowest BCUT2D eigenvalue weighted by Crippen LogP contribution is -2.46. The summed E-state index contributed by atoms with van der Waals surface area (Å²) >= 11 is 1.50. The number of rotatable bonds is 13. The molecule has 0 bridgehead atoms. The number of fused-ring (bicyclic) bond motifs is 1. The second kappa shape index (κ2) is 13.4. The number of thioether (sulfide) groups is 1. The zero-order valence-corrected chi connectivity index (χ0v) is 25.0. The zero-order valence-electron chi connectivity index (χ0n) is 23.3. The van der Waals surface area contributed by atoms with Crippen LogP contribution in [-0.4, -0.2) is 79.3 Å². The van der Waals surface area contributed by atoms with E-state index in [2.05, 4.69) is 21.0 Å². The van der Waals surface area contributed by atoms with E-state index in [1.54, 1.807) is 56.4 Å². The van der Waals surface area contributed by atoms with Crippen LogP contribution in [0.25, 0.3) is 11.0 Å². The van der Waals surface area contributed by atoms with Crippen LogP contribution in [0.5, 0.6) is 5.75 Å². The third-order valence-corrected chi connectivity index (χ3v) is 8.66. The largest absolute Gasteiger partial charge is 0.462 e. The van der Waals surface area contributed by atoms with Crippen LogP contribution in [0.4, 0.5) is 5.82 Å². The van der Waals surface area contributed by atoms with Gasteiger partial charge in [0.15, 0.2) is 11.8 Å². The van der Waals surface area contributed by atoms with E-state index < -0.39 is 56.5 Å². The molecular formula is C27H34N5O8PS. The van der Waals surface area contributed by atoms with Crippen molar-refractivity contribution < 1.29 is 38.1 Å². The van der Waals surface area contributed by atoms with Crippen LogP contribution in [0, 0.1) is 12.3 Å². The summed E-state index contributed by atoms with van der Waals surface area (Å²) in [7, 11) is -4.32. The molecule has 6 atom stereocenters. The molecule has 0 spiro atoms. The van der Waals surface area contributed by atoms with Crippen molar-refractivity contribution in [3.8, 4) is 18.1 Å². The lowest BCUT2D eigenvalue weighted by molar-refractivity contribution is -0.149. The number of aliphatic hydroxyl groups is 2. The SMILES string of the molecule is C#C[C@@]1(O)[C@H](O)[C@@H](COP(=O)(N[C@H](CCSC)C(=O)OC(C)C)Oc2ccccc2)O[C@H]1n1ccc2c(N)ncnc21. The van der Waals surface area contributed by atoms with Crippen molar-refractivity contribution in [2.75, 3.05) is 24.3 Å². The highest BCUT2D eigenvalue weighted by Crippen LogP contribution is 2.47. The van der Waals surface area contributed by atoms with E-state index in [-0.39, 0.29) is 18.0 Å². The molecule has 1 aromatic carbocycles. The summed E-state index contributed by atoms with van der Waals surface area (Å²) in [5, 5.41) is 25.6. The number of aliphatic hydroxyl groups excluding tert-OH is 1. The zero-order chi connectivity index (χ0) is 30.5. The van der Waals surface area contributed by atoms with Crippen molar-refractivity contribution in [2.45, 2.75) is 56.5 Å². The summed E-state index contributed by atoms with van der Waals surface area (Å²) in [5.41, 5.74) is 4.03. The maximum Gasteiger partial charge on any atom is 0.459 e. The van der Waals surface area contributed by atoms with Crippen molar-refractivity contribution >= 4 is 42.3 Å². The predicted molar refractivity (Wildman–Crippen MR) is 157 cm³/mol. The van der Waals surface area contributed by atoms with E-state index in [4.69, 9.17) is 30.7 Å². The summed E-state index contributed by atoms with van der Waals surface area (Å²) in [6.07, 6.45) is 5.94. The number of aromatic nitrogens is 3. The first-order valence-corrected chi connectivity index (χ1v) is 16.0. The number of ether oxygens (including phenoxy) is 2. The van der Waals surface area contributed by atoms with Gasteiger partial charge in [-0.2, -0.15) is 16.8 Å². The molecule has 15 heteroatoms. The van der Waals surface area contributed by atoms with Gasteiger partial charge >= 0.3 is 13.7 Å². The number of terminal acetylenes is 1. The van der Waals surface area contributed by atoms with Crippen LogP contribution in [0.15, 0.2) is 48.9 Å². The molecule has 0 aliphatic carbocycles. The van der Waals surface area contributed by atoms with Crippen LogP contribution in [0.1, 0.15) is 26.5 Å². The summed E-state index contributed by atoms with van der Waals surface area (Å²) in [6.45, 7) is 2.87. The van der Waals surface area contributed by atoms with Crippen LogP contribution in [0.2, 0.25) is 0 Å². The second-order valence-electron chi connectivity index (χ2n) is 9.81. The number of esters is 1. The number of hydrogen-bond acceptors (Lipinski definition) is 12. The first kappa shape index (κ1) is 31.8. The van der Waals surface area contributed by atoms with Gasteiger partial charge in [-0.15, -0.1) is 6.42 Å². The average Bonchev–Trinajstić information content (AvgIpc) is 3.49. The molecule has 226 valence electrons. The highest BCUT2D eigenvalue weighted by atomic mass is 32.2.